The van der Waals surface area contributed by atoms with Crippen molar-refractivity contribution in [3.05, 3.63) is 105 Å². The van der Waals surface area contributed by atoms with E-state index in [1.165, 1.54) is 36.0 Å². The molecule has 0 spiro atoms. The topological polar surface area (TPSA) is 70.0 Å². The van der Waals surface area contributed by atoms with Gasteiger partial charge in [0.25, 0.3) is 0 Å². The van der Waals surface area contributed by atoms with E-state index in [4.69, 9.17) is 0 Å². The van der Waals surface area contributed by atoms with Crippen molar-refractivity contribution in [3.8, 4) is 6.07 Å². The van der Waals surface area contributed by atoms with Crippen molar-refractivity contribution in [2.45, 2.75) is 30.9 Å². The minimum absolute atomic E-state index is 0.0544. The zero-order valence-electron chi connectivity index (χ0n) is 17.8. The Morgan fingerprint density at radius 2 is 1.72 bits per heavy atom. The maximum atomic E-state index is 13.3. The summed E-state index contributed by atoms with van der Waals surface area (Å²) >= 11 is 1.20. The maximum Gasteiger partial charge on any atom is 0.219 e. The number of hydrogen-bond donors (Lipinski definition) is 1. The van der Waals surface area contributed by atoms with E-state index in [-0.39, 0.29) is 20.6 Å². The van der Waals surface area contributed by atoms with Gasteiger partial charge >= 0.3 is 0 Å². The quantitative estimate of drug-likeness (QED) is 0.400. The molecule has 32 heavy (non-hydrogen) atoms. The summed E-state index contributed by atoms with van der Waals surface area (Å²) in [5.41, 5.74) is 3.55. The van der Waals surface area contributed by atoms with E-state index in [2.05, 4.69) is 5.32 Å². The lowest BCUT2D eigenvalue weighted by Crippen LogP contribution is -2.11. The predicted molar refractivity (Wildman–Crippen MR) is 128 cm³/mol. The van der Waals surface area contributed by atoms with E-state index < -0.39 is 9.84 Å². The SMILES string of the molecule is CCc1cccc(C)c1NC(SCc1ccc(F)cc1)=C(C#N)S(=O)(=O)c1ccccc1. The fourth-order valence-electron chi connectivity index (χ4n) is 3.16. The number of nitrogens with one attached hydrogen (secondary N) is 1. The highest BCUT2D eigenvalue weighted by Crippen LogP contribution is 2.33. The number of rotatable bonds is 8. The molecule has 0 unspecified atom stereocenters. The lowest BCUT2D eigenvalue weighted by atomic mass is 10.1. The molecule has 0 atom stereocenters. The molecule has 3 rings (SSSR count). The second kappa shape index (κ2) is 10.5. The summed E-state index contributed by atoms with van der Waals surface area (Å²) in [5.74, 6) is 0.0235. The molecule has 0 heterocycles. The average molecular weight is 467 g/mol. The van der Waals surface area contributed by atoms with Crippen LogP contribution >= 0.6 is 11.8 Å². The number of thioether (sulfide) groups is 1. The number of allylic oxidation sites excluding steroid dienone is 1. The van der Waals surface area contributed by atoms with Gasteiger partial charge in [0.15, 0.2) is 4.91 Å². The number of benzene rings is 3. The van der Waals surface area contributed by atoms with Gasteiger partial charge < -0.3 is 5.32 Å². The molecule has 0 fully saturated rings. The summed E-state index contributed by atoms with van der Waals surface area (Å²) in [7, 11) is -4.04. The van der Waals surface area contributed by atoms with E-state index >= 15 is 0 Å². The lowest BCUT2D eigenvalue weighted by molar-refractivity contribution is 0.603. The highest BCUT2D eigenvalue weighted by atomic mass is 32.2. The van der Waals surface area contributed by atoms with Gasteiger partial charge in [0, 0.05) is 11.4 Å². The first-order valence-electron chi connectivity index (χ1n) is 10.0. The van der Waals surface area contributed by atoms with Crippen LogP contribution in [0.5, 0.6) is 0 Å². The van der Waals surface area contributed by atoms with E-state index in [0.29, 0.717) is 5.75 Å². The van der Waals surface area contributed by atoms with Crippen LogP contribution in [0.2, 0.25) is 0 Å². The van der Waals surface area contributed by atoms with Crippen molar-refractivity contribution in [1.29, 1.82) is 5.26 Å². The van der Waals surface area contributed by atoms with Gasteiger partial charge in [0.2, 0.25) is 9.84 Å². The summed E-state index contributed by atoms with van der Waals surface area (Å²) in [4.78, 5) is -0.292. The smallest absolute Gasteiger partial charge is 0.219 e. The van der Waals surface area contributed by atoms with Gasteiger partial charge in [-0.3, -0.25) is 0 Å². The normalized spacial score (nSPS) is 12.1. The summed E-state index contributed by atoms with van der Waals surface area (Å²) in [6.45, 7) is 3.95. The third-order valence-corrected chi connectivity index (χ3v) is 7.83. The largest absolute Gasteiger partial charge is 0.348 e. The highest BCUT2D eigenvalue weighted by Gasteiger charge is 2.26. The molecule has 0 aromatic heterocycles. The highest BCUT2D eigenvalue weighted by molar-refractivity contribution is 8.04. The molecule has 0 radical (unpaired) electrons. The third kappa shape index (κ3) is 5.39. The molecular formula is C25H23FN2O2S2. The van der Waals surface area contributed by atoms with Crippen LogP contribution < -0.4 is 5.32 Å². The molecule has 0 saturated carbocycles. The molecule has 0 saturated heterocycles. The Labute approximate surface area is 192 Å². The number of sulfone groups is 1. The van der Waals surface area contributed by atoms with Crippen molar-refractivity contribution in [3.63, 3.8) is 0 Å². The molecule has 4 nitrogen and oxygen atoms in total. The van der Waals surface area contributed by atoms with Crippen LogP contribution in [0.3, 0.4) is 0 Å². The Morgan fingerprint density at radius 3 is 2.34 bits per heavy atom. The van der Waals surface area contributed by atoms with Crippen molar-refractivity contribution in [2.24, 2.45) is 0 Å². The molecular weight excluding hydrogens is 443 g/mol. The zero-order valence-corrected chi connectivity index (χ0v) is 19.4. The number of halogens is 1. The maximum absolute atomic E-state index is 13.3. The summed E-state index contributed by atoms with van der Waals surface area (Å²) in [6.07, 6.45) is 0.743. The minimum atomic E-state index is -4.04. The van der Waals surface area contributed by atoms with Crippen LogP contribution in [-0.4, -0.2) is 8.42 Å². The van der Waals surface area contributed by atoms with Crippen molar-refractivity contribution >= 4 is 27.3 Å². The summed E-state index contributed by atoms with van der Waals surface area (Å²) in [5, 5.41) is 13.4. The second-order valence-corrected chi connectivity index (χ2v) is 9.96. The van der Waals surface area contributed by atoms with Crippen LogP contribution in [0.25, 0.3) is 0 Å². The average Bonchev–Trinajstić information content (AvgIpc) is 2.80. The Hall–Kier alpha value is -3.08. The molecule has 164 valence electrons. The van der Waals surface area contributed by atoms with Gasteiger partial charge in [-0.2, -0.15) is 5.26 Å². The van der Waals surface area contributed by atoms with Gasteiger partial charge in [-0.25, -0.2) is 12.8 Å². The Balaban J connectivity index is 2.10. The first-order valence-corrected chi connectivity index (χ1v) is 12.5. The van der Waals surface area contributed by atoms with E-state index in [1.807, 2.05) is 38.1 Å². The monoisotopic (exact) mass is 466 g/mol. The number of nitriles is 1. The van der Waals surface area contributed by atoms with E-state index in [1.54, 1.807) is 30.3 Å². The molecule has 0 aliphatic heterocycles. The van der Waals surface area contributed by atoms with Gasteiger partial charge in [-0.05, 0) is 54.3 Å². The van der Waals surface area contributed by atoms with Crippen molar-refractivity contribution in [2.75, 3.05) is 5.32 Å². The van der Waals surface area contributed by atoms with Gasteiger partial charge in [0.1, 0.15) is 16.9 Å². The number of para-hydroxylation sites is 1. The molecule has 3 aromatic carbocycles. The number of anilines is 1. The number of aryl methyl sites for hydroxylation is 2. The van der Waals surface area contributed by atoms with Crippen LogP contribution in [0.1, 0.15) is 23.6 Å². The van der Waals surface area contributed by atoms with Crippen molar-refractivity contribution in [1.82, 2.24) is 0 Å². The van der Waals surface area contributed by atoms with E-state index in [0.717, 1.165) is 28.8 Å². The number of hydrogen-bond acceptors (Lipinski definition) is 5. The third-order valence-electron chi connectivity index (χ3n) is 4.90. The molecule has 7 heteroatoms. The predicted octanol–water partition coefficient (Wildman–Crippen LogP) is 6.21. The molecule has 0 aliphatic carbocycles. The van der Waals surface area contributed by atoms with Crippen LogP contribution in [0.15, 0.2) is 87.6 Å². The summed E-state index contributed by atoms with van der Waals surface area (Å²) in [6, 6.07) is 21.7. The van der Waals surface area contributed by atoms with Gasteiger partial charge in [0.05, 0.1) is 4.90 Å². The summed E-state index contributed by atoms with van der Waals surface area (Å²) < 4.78 is 39.9. The second-order valence-electron chi connectivity index (χ2n) is 7.09. The lowest BCUT2D eigenvalue weighted by Gasteiger charge is -2.18. The van der Waals surface area contributed by atoms with Crippen LogP contribution in [0.4, 0.5) is 10.1 Å². The molecule has 0 bridgehead atoms. The Bertz CT molecular complexity index is 1260. The minimum Gasteiger partial charge on any atom is -0.348 e. The first-order chi connectivity index (χ1) is 15.4. The fraction of sp³-hybridized carbons (Fsp3) is 0.160. The Morgan fingerprint density at radius 1 is 1.03 bits per heavy atom. The standard InChI is InChI=1S/C25H23FN2O2S2/c1-3-20-9-7-8-18(2)24(20)28-25(31-17-19-12-14-21(26)15-13-19)23(16-27)32(29,30)22-10-5-4-6-11-22/h4-15,28H,3,17H2,1-2H3. The molecule has 0 aliphatic rings. The Kier molecular flexibility index (Phi) is 7.73. The number of nitrogens with zero attached hydrogens (tertiary/aromatic N) is 1. The van der Waals surface area contributed by atoms with E-state index in [9.17, 15) is 18.1 Å². The van der Waals surface area contributed by atoms with Crippen molar-refractivity contribution < 1.29 is 12.8 Å². The van der Waals surface area contributed by atoms with Crippen LogP contribution in [-0.2, 0) is 22.0 Å². The molecule has 1 N–H and O–H groups in total. The van der Waals surface area contributed by atoms with Crippen LogP contribution in [0, 0.1) is 24.1 Å². The molecule has 0 amide bonds. The zero-order chi connectivity index (χ0) is 23.1. The van der Waals surface area contributed by atoms with Gasteiger partial charge in [-0.1, -0.05) is 55.5 Å². The fourth-order valence-corrected chi connectivity index (χ4v) is 5.69. The molecule has 3 aromatic rings. The first kappa shape index (κ1) is 23.6. The van der Waals surface area contributed by atoms with Gasteiger partial charge in [-0.15, -0.1) is 11.8 Å².